The van der Waals surface area contributed by atoms with E-state index in [4.69, 9.17) is 4.74 Å². The molecule has 0 bridgehead atoms. The smallest absolute Gasteiger partial charge is 0.312 e. The first-order valence-corrected chi connectivity index (χ1v) is 8.05. The second-order valence-electron chi connectivity index (χ2n) is 4.99. The summed E-state index contributed by atoms with van der Waals surface area (Å²) in [5.74, 6) is -0.777. The van der Waals surface area contributed by atoms with Crippen molar-refractivity contribution < 1.29 is 19.1 Å². The predicted octanol–water partition coefficient (Wildman–Crippen LogP) is 2.88. The van der Waals surface area contributed by atoms with Crippen LogP contribution in [0.3, 0.4) is 0 Å². The van der Waals surface area contributed by atoms with E-state index in [1.54, 1.807) is 36.4 Å². The fourth-order valence-electron chi connectivity index (χ4n) is 2.33. The highest BCUT2D eigenvalue weighted by Gasteiger charge is 2.35. The average molecular weight is 421 g/mol. The van der Waals surface area contributed by atoms with Gasteiger partial charge in [-0.05, 0) is 59.0 Å². The van der Waals surface area contributed by atoms with Crippen LogP contribution in [-0.2, 0) is 4.79 Å². The quantitative estimate of drug-likeness (QED) is 0.330. The van der Waals surface area contributed by atoms with Crippen molar-refractivity contribution in [1.29, 1.82) is 0 Å². The summed E-state index contributed by atoms with van der Waals surface area (Å²) in [6.45, 7) is 0.00947. The standard InChI is InChI=1S/C17H12INO4/c18-11-5-7-12(8-6-11)23-15(20)9-10-19-16(21)13-3-1-2-4-14(13)17(19)22/h1-8H,9-10H2. The molecule has 0 radical (unpaired) electrons. The number of hydrogen-bond acceptors (Lipinski definition) is 4. The Labute approximate surface area is 146 Å². The number of fused-ring (bicyclic) bond motifs is 1. The van der Waals surface area contributed by atoms with E-state index in [1.165, 1.54) is 0 Å². The predicted molar refractivity (Wildman–Crippen MR) is 91.2 cm³/mol. The number of hydrogen-bond donors (Lipinski definition) is 0. The SMILES string of the molecule is O=C(CCN1C(=O)c2ccccc2C1=O)Oc1ccc(I)cc1. The highest BCUT2D eigenvalue weighted by molar-refractivity contribution is 14.1. The molecule has 0 N–H and O–H groups in total. The molecule has 0 aromatic heterocycles. The summed E-state index contributed by atoms with van der Waals surface area (Å²) >= 11 is 2.15. The van der Waals surface area contributed by atoms with Crippen molar-refractivity contribution in [3.63, 3.8) is 0 Å². The molecule has 0 saturated heterocycles. The number of imide groups is 1. The summed E-state index contributed by atoms with van der Waals surface area (Å²) in [4.78, 5) is 37.3. The first-order chi connectivity index (χ1) is 11.1. The number of carbonyl (C=O) groups excluding carboxylic acids is 3. The van der Waals surface area contributed by atoms with E-state index in [0.29, 0.717) is 16.9 Å². The lowest BCUT2D eigenvalue weighted by Gasteiger charge is -2.13. The number of benzene rings is 2. The van der Waals surface area contributed by atoms with Gasteiger partial charge in [-0.2, -0.15) is 0 Å². The topological polar surface area (TPSA) is 63.7 Å². The number of amides is 2. The highest BCUT2D eigenvalue weighted by Crippen LogP contribution is 2.22. The van der Waals surface area contributed by atoms with Crippen molar-refractivity contribution in [2.45, 2.75) is 6.42 Å². The molecule has 116 valence electrons. The third-order valence-corrected chi connectivity index (χ3v) is 4.18. The van der Waals surface area contributed by atoms with E-state index < -0.39 is 5.97 Å². The van der Waals surface area contributed by atoms with Crippen LogP contribution >= 0.6 is 22.6 Å². The Hall–Kier alpha value is -2.22. The van der Waals surface area contributed by atoms with Crippen LogP contribution in [0, 0.1) is 3.57 Å². The minimum absolute atomic E-state index is 0.00947. The van der Waals surface area contributed by atoms with Gasteiger partial charge in [-0.25, -0.2) is 0 Å². The van der Waals surface area contributed by atoms with Crippen molar-refractivity contribution in [3.05, 3.63) is 63.2 Å². The molecule has 0 atom stereocenters. The van der Waals surface area contributed by atoms with E-state index in [1.807, 2.05) is 12.1 Å². The number of nitrogens with zero attached hydrogens (tertiary/aromatic N) is 1. The number of ether oxygens (including phenoxy) is 1. The molecule has 5 nitrogen and oxygen atoms in total. The minimum Gasteiger partial charge on any atom is -0.426 e. The van der Waals surface area contributed by atoms with Crippen molar-refractivity contribution in [3.8, 4) is 5.75 Å². The van der Waals surface area contributed by atoms with Crippen molar-refractivity contribution in [2.24, 2.45) is 0 Å². The third-order valence-electron chi connectivity index (χ3n) is 3.46. The fraction of sp³-hybridized carbons (Fsp3) is 0.118. The Bertz CT molecular complexity index is 750. The van der Waals surface area contributed by atoms with Gasteiger partial charge in [0.15, 0.2) is 0 Å². The van der Waals surface area contributed by atoms with Crippen LogP contribution in [0.25, 0.3) is 0 Å². The molecule has 23 heavy (non-hydrogen) atoms. The van der Waals surface area contributed by atoms with E-state index in [2.05, 4.69) is 22.6 Å². The van der Waals surface area contributed by atoms with Crippen molar-refractivity contribution >= 4 is 40.4 Å². The molecule has 2 amide bonds. The zero-order valence-electron chi connectivity index (χ0n) is 12.0. The molecule has 1 aliphatic rings. The molecule has 6 heteroatoms. The van der Waals surface area contributed by atoms with Gasteiger partial charge in [-0.1, -0.05) is 12.1 Å². The van der Waals surface area contributed by atoms with Crippen molar-refractivity contribution in [1.82, 2.24) is 4.90 Å². The van der Waals surface area contributed by atoms with Crippen LogP contribution in [0.1, 0.15) is 27.1 Å². The number of carbonyl (C=O) groups is 3. The molecule has 0 aliphatic carbocycles. The van der Waals surface area contributed by atoms with Crippen molar-refractivity contribution in [2.75, 3.05) is 6.54 Å². The summed E-state index contributed by atoms with van der Waals surface area (Å²) in [7, 11) is 0. The lowest BCUT2D eigenvalue weighted by Crippen LogP contribution is -2.32. The molecule has 0 fully saturated rings. The Balaban J connectivity index is 1.61. The normalized spacial score (nSPS) is 13.2. The van der Waals surface area contributed by atoms with Crippen LogP contribution in [0.15, 0.2) is 48.5 Å². The first kappa shape index (κ1) is 15.7. The summed E-state index contributed by atoms with van der Waals surface area (Å²) in [6.07, 6.45) is -0.0442. The van der Waals surface area contributed by atoms with Gasteiger partial charge in [0.2, 0.25) is 0 Å². The Morgan fingerprint density at radius 2 is 1.52 bits per heavy atom. The molecular weight excluding hydrogens is 409 g/mol. The molecule has 0 saturated carbocycles. The maximum absolute atomic E-state index is 12.2. The second kappa shape index (κ2) is 6.49. The molecule has 2 aromatic carbocycles. The van der Waals surface area contributed by atoms with Crippen LogP contribution in [0.4, 0.5) is 0 Å². The zero-order valence-corrected chi connectivity index (χ0v) is 14.1. The summed E-state index contributed by atoms with van der Waals surface area (Å²) in [5.41, 5.74) is 0.756. The molecular formula is C17H12INO4. The Kier molecular flexibility index (Phi) is 4.42. The van der Waals surface area contributed by atoms with Crippen LogP contribution in [0.5, 0.6) is 5.75 Å². The number of esters is 1. The van der Waals surface area contributed by atoms with Gasteiger partial charge in [0.05, 0.1) is 17.5 Å². The lowest BCUT2D eigenvalue weighted by molar-refractivity contribution is -0.134. The average Bonchev–Trinajstić information content (AvgIpc) is 2.80. The number of rotatable bonds is 4. The van der Waals surface area contributed by atoms with Gasteiger partial charge in [0, 0.05) is 10.1 Å². The zero-order chi connectivity index (χ0) is 16.4. The lowest BCUT2D eigenvalue weighted by atomic mass is 10.1. The monoisotopic (exact) mass is 421 g/mol. The van der Waals surface area contributed by atoms with Crippen LogP contribution in [-0.4, -0.2) is 29.2 Å². The van der Waals surface area contributed by atoms with Gasteiger partial charge >= 0.3 is 5.97 Å². The van der Waals surface area contributed by atoms with E-state index in [9.17, 15) is 14.4 Å². The van der Waals surface area contributed by atoms with Crippen LogP contribution in [0.2, 0.25) is 0 Å². The third kappa shape index (κ3) is 3.26. The largest absolute Gasteiger partial charge is 0.426 e. The van der Waals surface area contributed by atoms with Gasteiger partial charge in [0.25, 0.3) is 11.8 Å². The summed E-state index contributed by atoms with van der Waals surface area (Å²) < 4.78 is 6.22. The van der Waals surface area contributed by atoms with E-state index in [0.717, 1.165) is 8.47 Å². The molecule has 0 unspecified atom stereocenters. The fourth-order valence-corrected chi connectivity index (χ4v) is 2.69. The molecule has 1 aliphatic heterocycles. The van der Waals surface area contributed by atoms with Gasteiger partial charge in [-0.3, -0.25) is 19.3 Å². The minimum atomic E-state index is -0.484. The summed E-state index contributed by atoms with van der Waals surface area (Å²) in [5, 5.41) is 0. The maximum Gasteiger partial charge on any atom is 0.312 e. The van der Waals surface area contributed by atoms with Gasteiger partial charge in [-0.15, -0.1) is 0 Å². The molecule has 3 rings (SSSR count). The van der Waals surface area contributed by atoms with Crippen LogP contribution < -0.4 is 4.74 Å². The van der Waals surface area contributed by atoms with E-state index >= 15 is 0 Å². The maximum atomic E-state index is 12.2. The van der Waals surface area contributed by atoms with Gasteiger partial charge in [0.1, 0.15) is 5.75 Å². The Morgan fingerprint density at radius 1 is 0.957 bits per heavy atom. The molecule has 1 heterocycles. The molecule has 2 aromatic rings. The number of halogens is 1. The summed E-state index contributed by atoms with van der Waals surface area (Å²) in [6, 6.07) is 13.7. The first-order valence-electron chi connectivity index (χ1n) is 6.98. The second-order valence-corrected chi connectivity index (χ2v) is 6.23. The van der Waals surface area contributed by atoms with Gasteiger partial charge < -0.3 is 4.74 Å². The Morgan fingerprint density at radius 3 is 2.09 bits per heavy atom. The van der Waals surface area contributed by atoms with E-state index in [-0.39, 0.29) is 24.8 Å². The molecule has 0 spiro atoms. The highest BCUT2D eigenvalue weighted by atomic mass is 127.